The molecule has 0 radical (unpaired) electrons. The molecule has 0 bridgehead atoms. The fraction of sp³-hybridized carbons (Fsp3) is 0.600. The Balaban J connectivity index is -0.000000677. The Morgan fingerprint density at radius 1 is 1.14 bits per heavy atom. The van der Waals surface area contributed by atoms with Crippen LogP contribution < -0.4 is 0 Å². The number of carbonyl (C=O) groups is 1. The van der Waals surface area contributed by atoms with Crippen molar-refractivity contribution in [1.29, 1.82) is 0 Å². The molecule has 2 unspecified atom stereocenters. The summed E-state index contributed by atoms with van der Waals surface area (Å²) in [6.45, 7) is 21.6. The summed E-state index contributed by atoms with van der Waals surface area (Å²) in [5.74, 6) is 0.0140. The second kappa shape index (κ2) is 21.5. The molecule has 0 aromatic rings. The van der Waals surface area contributed by atoms with Gasteiger partial charge < -0.3 is 9.47 Å². The Kier molecular flexibility index (Phi) is 24.7. The van der Waals surface area contributed by atoms with Gasteiger partial charge in [0.1, 0.15) is 5.76 Å². The second-order valence-corrected chi connectivity index (χ2v) is 11.7. The number of methoxy groups -OCH3 is 1. The van der Waals surface area contributed by atoms with Gasteiger partial charge >= 0.3 is 39.9 Å². The third-order valence-electron chi connectivity index (χ3n) is 5.56. The van der Waals surface area contributed by atoms with Crippen LogP contribution in [0.4, 0.5) is 0 Å². The molecule has 1 aliphatic carbocycles. The Bertz CT molecular complexity index is 830. The number of carbonyl (C=O) groups excluding carboxylic acids is 1. The molecular weight excluding hydrogens is 527 g/mol. The quantitative estimate of drug-likeness (QED) is 0.0942. The van der Waals surface area contributed by atoms with E-state index in [0.717, 1.165) is 11.3 Å². The maximum atomic E-state index is 14.6. The van der Waals surface area contributed by atoms with Crippen LogP contribution in [-0.2, 0) is 49.9 Å². The van der Waals surface area contributed by atoms with Gasteiger partial charge in [0.2, 0.25) is 7.44 Å². The minimum atomic E-state index is -3.34. The molecular formula is C25H39FeN2O7P. The van der Waals surface area contributed by atoms with E-state index in [1.165, 1.54) is 5.57 Å². The Labute approximate surface area is 227 Å². The van der Waals surface area contributed by atoms with Crippen molar-refractivity contribution in [2.45, 2.75) is 52.1 Å². The van der Waals surface area contributed by atoms with Gasteiger partial charge in [0.15, 0.2) is 5.16 Å². The van der Waals surface area contributed by atoms with Gasteiger partial charge in [-0.1, -0.05) is 17.7 Å². The molecule has 1 rings (SSSR count). The van der Waals surface area contributed by atoms with Crippen LogP contribution in [0.15, 0.2) is 35.1 Å². The fourth-order valence-electron chi connectivity index (χ4n) is 4.18. The number of hydrogen-bond donors (Lipinski definition) is 0. The van der Waals surface area contributed by atoms with Crippen molar-refractivity contribution in [3.8, 4) is 0 Å². The SMILES string of the molecule is CCOC(=O)C(CCC=C(C)C)(C1C=C(OC)C(C)=CC1)P(=O)(N(C)C)N(C)C.[C-]#[O+].[C-]#[O+].[C-]#[O+].[Fe]. The number of rotatable bonds is 10. The van der Waals surface area contributed by atoms with Crippen molar-refractivity contribution >= 4 is 13.4 Å². The largest absolute Gasteiger partial charge is 0 e. The summed E-state index contributed by atoms with van der Waals surface area (Å²) in [5, 5.41) is -1.22. The van der Waals surface area contributed by atoms with Crippen LogP contribution in [0.1, 0.15) is 47.0 Å². The monoisotopic (exact) mass is 566 g/mol. The molecule has 0 amide bonds. The zero-order valence-corrected chi connectivity index (χ0v) is 24.7. The standard InChI is InChI=1S/C22H39N2O4P.3CO.Fe/c1-10-28-21(25)22(15-11-12-17(2)3,29(26,23(5)6)24(7)8)19-14-13-18(4)20(16-19)27-9;3*1-2;/h12-13,16,19H,10-11,14-15H2,1-9H3;;;;. The van der Waals surface area contributed by atoms with Crippen molar-refractivity contribution in [2.24, 2.45) is 5.92 Å². The van der Waals surface area contributed by atoms with Crippen LogP contribution in [0.3, 0.4) is 0 Å². The van der Waals surface area contributed by atoms with Crippen molar-refractivity contribution in [2.75, 3.05) is 41.9 Å². The second-order valence-electron chi connectivity index (χ2n) is 8.17. The molecule has 0 aromatic carbocycles. The third-order valence-corrected chi connectivity index (χ3v) is 9.51. The fourth-order valence-corrected chi connectivity index (χ4v) is 7.65. The average molecular weight is 566 g/mol. The van der Waals surface area contributed by atoms with Crippen LogP contribution in [0.2, 0.25) is 0 Å². The summed E-state index contributed by atoms with van der Waals surface area (Å²) in [5.41, 5.74) is 2.19. The molecule has 0 fully saturated rings. The molecule has 0 saturated heterocycles. The van der Waals surface area contributed by atoms with Crippen LogP contribution in [0.5, 0.6) is 0 Å². The van der Waals surface area contributed by atoms with Crippen LogP contribution in [-0.4, -0.2) is 62.4 Å². The van der Waals surface area contributed by atoms with E-state index in [-0.39, 0.29) is 29.6 Å². The first-order valence-electron chi connectivity index (χ1n) is 10.8. The zero-order chi connectivity index (χ0) is 28.4. The average Bonchev–Trinajstić information content (AvgIpc) is 2.85. The van der Waals surface area contributed by atoms with Gasteiger partial charge in [0.25, 0.3) is 0 Å². The van der Waals surface area contributed by atoms with E-state index in [1.807, 2.05) is 26.8 Å². The number of nitrogens with zero attached hydrogens (tertiary/aromatic N) is 2. The zero-order valence-electron chi connectivity index (χ0n) is 22.7. The first-order chi connectivity index (χ1) is 16.5. The molecule has 11 heteroatoms. The smallest absolute Gasteiger partial charge is 0 e. The van der Waals surface area contributed by atoms with E-state index in [1.54, 1.807) is 51.6 Å². The molecule has 0 heterocycles. The molecule has 1 aliphatic rings. The van der Waals surface area contributed by atoms with Crippen LogP contribution >= 0.6 is 7.44 Å². The maximum Gasteiger partial charge on any atom is 0 e. The summed E-state index contributed by atoms with van der Waals surface area (Å²) in [6.07, 6.45) is 7.80. The maximum absolute atomic E-state index is 14.6. The minimum Gasteiger partial charge on any atom is 0 e. The molecule has 0 aromatic heterocycles. The Morgan fingerprint density at radius 3 is 1.97 bits per heavy atom. The van der Waals surface area contributed by atoms with Gasteiger partial charge in [-0.15, -0.1) is 0 Å². The van der Waals surface area contributed by atoms with E-state index >= 15 is 0 Å². The third kappa shape index (κ3) is 10.0. The summed E-state index contributed by atoms with van der Waals surface area (Å²) in [7, 11) is 5.39. The molecule has 2 atom stereocenters. The first kappa shape index (κ1) is 41.5. The van der Waals surface area contributed by atoms with Crippen LogP contribution in [0, 0.1) is 25.9 Å². The predicted octanol–water partition coefficient (Wildman–Crippen LogP) is 4.73. The first-order valence-corrected chi connectivity index (χ1v) is 12.4. The molecule has 0 saturated carbocycles. The molecule has 0 N–H and O–H groups in total. The van der Waals surface area contributed by atoms with Gasteiger partial charge in [0.05, 0.1) is 13.7 Å². The van der Waals surface area contributed by atoms with Gasteiger partial charge in [0, 0.05) is 23.0 Å². The molecule has 204 valence electrons. The molecule has 0 aliphatic heterocycles. The van der Waals surface area contributed by atoms with Crippen molar-refractivity contribution in [1.82, 2.24) is 9.34 Å². The summed E-state index contributed by atoms with van der Waals surface area (Å²) < 4.78 is 51.7. The van der Waals surface area contributed by atoms with Gasteiger partial charge in [-0.3, -0.25) is 9.36 Å². The van der Waals surface area contributed by atoms with E-state index in [9.17, 15) is 9.36 Å². The minimum absolute atomic E-state index is 0. The van der Waals surface area contributed by atoms with E-state index < -0.39 is 18.6 Å². The number of allylic oxidation sites excluding steroid dienone is 5. The van der Waals surface area contributed by atoms with Crippen molar-refractivity contribution < 1.29 is 49.9 Å². The van der Waals surface area contributed by atoms with Crippen molar-refractivity contribution in [3.05, 3.63) is 55.1 Å². The summed E-state index contributed by atoms with van der Waals surface area (Å²) in [4.78, 5) is 13.6. The topological polar surface area (TPSA) is 119 Å². The van der Waals surface area contributed by atoms with Gasteiger partial charge in [-0.05, 0) is 86.8 Å². The van der Waals surface area contributed by atoms with Crippen LogP contribution in [0.25, 0.3) is 0 Å². The summed E-state index contributed by atoms with van der Waals surface area (Å²) in [6, 6.07) is 0. The number of hydrogen-bond acceptors (Lipinski definition) is 4. The predicted molar refractivity (Wildman–Crippen MR) is 132 cm³/mol. The normalized spacial score (nSPS) is 15.8. The van der Waals surface area contributed by atoms with Gasteiger partial charge in [-0.25, -0.2) is 9.34 Å². The molecule has 9 nitrogen and oxygen atoms in total. The Hall–Kier alpha value is -1.62. The van der Waals surface area contributed by atoms with Gasteiger partial charge in [-0.2, -0.15) is 0 Å². The number of esters is 1. The van der Waals surface area contributed by atoms with Crippen molar-refractivity contribution in [3.63, 3.8) is 0 Å². The molecule has 0 spiro atoms. The van der Waals surface area contributed by atoms with E-state index in [0.29, 0.717) is 19.3 Å². The van der Waals surface area contributed by atoms with E-state index in [2.05, 4.69) is 32.1 Å². The molecule has 36 heavy (non-hydrogen) atoms. The number of ether oxygens (including phenoxy) is 2. The Morgan fingerprint density at radius 2 is 1.61 bits per heavy atom. The van der Waals surface area contributed by atoms with E-state index in [4.69, 9.17) is 23.4 Å². The summed E-state index contributed by atoms with van der Waals surface area (Å²) >= 11 is 0.